The van der Waals surface area contributed by atoms with E-state index in [2.05, 4.69) is 10.6 Å². The highest BCUT2D eigenvalue weighted by molar-refractivity contribution is 5.97. The molecule has 0 saturated carbocycles. The van der Waals surface area contributed by atoms with Gasteiger partial charge in [0.2, 0.25) is 5.91 Å². The zero-order valence-corrected chi connectivity index (χ0v) is 14.9. The fourth-order valence-electron chi connectivity index (χ4n) is 2.09. The van der Waals surface area contributed by atoms with Crippen LogP contribution in [0.1, 0.15) is 19.4 Å². The molecule has 0 aliphatic carbocycles. The Bertz CT molecular complexity index is 845. The van der Waals surface area contributed by atoms with E-state index in [1.54, 1.807) is 24.3 Å². The normalized spacial score (nSPS) is 11.7. The van der Waals surface area contributed by atoms with Crippen LogP contribution >= 0.6 is 0 Å². The molecule has 7 heteroatoms. The summed E-state index contributed by atoms with van der Waals surface area (Å²) in [5.74, 6) is -1.75. The fourth-order valence-corrected chi connectivity index (χ4v) is 2.09. The van der Waals surface area contributed by atoms with Gasteiger partial charge in [-0.25, -0.2) is 9.18 Å². The van der Waals surface area contributed by atoms with E-state index in [9.17, 15) is 18.8 Å². The lowest BCUT2D eigenvalue weighted by atomic mass is 10.2. The third kappa shape index (κ3) is 6.74. The Hall–Kier alpha value is -3.48. The maximum absolute atomic E-state index is 12.8. The van der Waals surface area contributed by atoms with Gasteiger partial charge in [0.1, 0.15) is 5.82 Å². The summed E-state index contributed by atoms with van der Waals surface area (Å²) < 4.78 is 17.9. The third-order valence-corrected chi connectivity index (χ3v) is 3.42. The van der Waals surface area contributed by atoms with Crippen LogP contribution in [0.25, 0.3) is 6.08 Å². The van der Waals surface area contributed by atoms with Crippen LogP contribution in [0, 0.1) is 5.82 Å². The summed E-state index contributed by atoms with van der Waals surface area (Å²) in [5, 5.41) is 5.23. The van der Waals surface area contributed by atoms with Crippen molar-refractivity contribution in [2.75, 3.05) is 10.6 Å². The average Bonchev–Trinajstić information content (AvgIpc) is 2.62. The molecule has 2 aromatic rings. The monoisotopic (exact) mass is 370 g/mol. The fraction of sp³-hybridized carbons (Fsp3) is 0.150. The van der Waals surface area contributed by atoms with Crippen LogP contribution in [0.3, 0.4) is 0 Å². The molecule has 27 heavy (non-hydrogen) atoms. The molecule has 0 bridgehead atoms. The second-order valence-corrected chi connectivity index (χ2v) is 5.71. The topological polar surface area (TPSA) is 84.5 Å². The summed E-state index contributed by atoms with van der Waals surface area (Å²) in [5.41, 5.74) is 1.73. The Morgan fingerprint density at radius 3 is 2.07 bits per heavy atom. The van der Waals surface area contributed by atoms with Crippen molar-refractivity contribution in [3.63, 3.8) is 0 Å². The van der Waals surface area contributed by atoms with Crippen molar-refractivity contribution in [3.05, 3.63) is 66.0 Å². The summed E-state index contributed by atoms with van der Waals surface area (Å²) >= 11 is 0. The highest BCUT2D eigenvalue weighted by atomic mass is 19.1. The minimum atomic E-state index is -1.01. The quantitative estimate of drug-likeness (QED) is 0.603. The summed E-state index contributed by atoms with van der Waals surface area (Å²) in [6.07, 6.45) is 1.62. The van der Waals surface area contributed by atoms with Gasteiger partial charge in [-0.1, -0.05) is 12.1 Å². The largest absolute Gasteiger partial charge is 0.449 e. The maximum atomic E-state index is 12.8. The lowest BCUT2D eigenvalue weighted by Crippen LogP contribution is -2.29. The van der Waals surface area contributed by atoms with Crippen molar-refractivity contribution in [3.8, 4) is 0 Å². The number of hydrogen-bond acceptors (Lipinski definition) is 4. The number of benzene rings is 2. The standard InChI is InChI=1S/C20H19FN2O4/c1-13(27-19(25)12-5-15-3-6-16(21)7-4-15)20(26)23-18-10-8-17(9-11-18)22-14(2)24/h3-13H,1-2H3,(H,22,24)(H,23,26)/t13-/m0/s1. The van der Waals surface area contributed by atoms with Crippen LogP contribution in [0.2, 0.25) is 0 Å². The minimum Gasteiger partial charge on any atom is -0.449 e. The van der Waals surface area contributed by atoms with Crippen molar-refractivity contribution in [1.82, 2.24) is 0 Å². The average molecular weight is 370 g/mol. The molecule has 6 nitrogen and oxygen atoms in total. The summed E-state index contributed by atoms with van der Waals surface area (Å²) in [6.45, 7) is 2.85. The molecule has 0 heterocycles. The summed E-state index contributed by atoms with van der Waals surface area (Å²) in [4.78, 5) is 34.9. The van der Waals surface area contributed by atoms with Crippen LogP contribution in [-0.4, -0.2) is 23.9 Å². The maximum Gasteiger partial charge on any atom is 0.331 e. The number of halogens is 1. The lowest BCUT2D eigenvalue weighted by molar-refractivity contribution is -0.148. The van der Waals surface area contributed by atoms with Gasteiger partial charge in [-0.05, 0) is 55.0 Å². The van der Waals surface area contributed by atoms with E-state index in [1.165, 1.54) is 50.3 Å². The molecule has 0 aromatic heterocycles. The molecule has 2 aromatic carbocycles. The van der Waals surface area contributed by atoms with Gasteiger partial charge in [0, 0.05) is 24.4 Å². The predicted molar refractivity (Wildman–Crippen MR) is 100 cm³/mol. The van der Waals surface area contributed by atoms with Crippen LogP contribution in [-0.2, 0) is 19.1 Å². The smallest absolute Gasteiger partial charge is 0.331 e. The minimum absolute atomic E-state index is 0.194. The first-order chi connectivity index (χ1) is 12.8. The first-order valence-corrected chi connectivity index (χ1v) is 8.16. The molecule has 1 atom stereocenters. The molecule has 2 N–H and O–H groups in total. The van der Waals surface area contributed by atoms with E-state index in [1.807, 2.05) is 0 Å². The molecule has 2 rings (SSSR count). The Kier molecular flexibility index (Phi) is 6.82. The Morgan fingerprint density at radius 1 is 0.963 bits per heavy atom. The first kappa shape index (κ1) is 19.8. The molecule has 0 radical (unpaired) electrons. The molecule has 0 spiro atoms. The van der Waals surface area contributed by atoms with Crippen molar-refractivity contribution >= 4 is 35.2 Å². The van der Waals surface area contributed by atoms with Crippen molar-refractivity contribution in [2.24, 2.45) is 0 Å². The number of hydrogen-bond donors (Lipinski definition) is 2. The van der Waals surface area contributed by atoms with E-state index in [0.717, 1.165) is 0 Å². The highest BCUT2D eigenvalue weighted by Gasteiger charge is 2.16. The summed E-state index contributed by atoms with van der Waals surface area (Å²) in [6, 6.07) is 12.1. The van der Waals surface area contributed by atoms with Gasteiger partial charge >= 0.3 is 5.97 Å². The van der Waals surface area contributed by atoms with Gasteiger partial charge in [-0.3, -0.25) is 9.59 Å². The van der Waals surface area contributed by atoms with Gasteiger partial charge in [0.25, 0.3) is 5.91 Å². The van der Waals surface area contributed by atoms with Gasteiger partial charge in [-0.15, -0.1) is 0 Å². The predicted octanol–water partition coefficient (Wildman–Crippen LogP) is 3.37. The number of carbonyl (C=O) groups is 3. The molecule has 0 unspecified atom stereocenters. The van der Waals surface area contributed by atoms with Gasteiger partial charge < -0.3 is 15.4 Å². The van der Waals surface area contributed by atoms with Crippen molar-refractivity contribution < 1.29 is 23.5 Å². The molecule has 0 fully saturated rings. The number of ether oxygens (including phenoxy) is 1. The van der Waals surface area contributed by atoms with E-state index < -0.39 is 18.0 Å². The highest BCUT2D eigenvalue weighted by Crippen LogP contribution is 2.14. The van der Waals surface area contributed by atoms with Crippen LogP contribution in [0.15, 0.2) is 54.6 Å². The van der Waals surface area contributed by atoms with Crippen molar-refractivity contribution in [1.29, 1.82) is 0 Å². The van der Waals surface area contributed by atoms with E-state index in [0.29, 0.717) is 16.9 Å². The molecule has 140 valence electrons. The molecule has 2 amide bonds. The van der Waals surface area contributed by atoms with Gasteiger partial charge in [0.05, 0.1) is 0 Å². The number of esters is 1. The van der Waals surface area contributed by atoms with Crippen LogP contribution in [0.5, 0.6) is 0 Å². The van der Waals surface area contributed by atoms with E-state index in [4.69, 9.17) is 4.74 Å². The molecular weight excluding hydrogens is 351 g/mol. The third-order valence-electron chi connectivity index (χ3n) is 3.42. The molecular formula is C20H19FN2O4. The number of nitrogens with one attached hydrogen (secondary N) is 2. The van der Waals surface area contributed by atoms with Crippen LogP contribution < -0.4 is 10.6 Å². The number of carbonyl (C=O) groups excluding carboxylic acids is 3. The number of amides is 2. The number of rotatable bonds is 6. The second-order valence-electron chi connectivity index (χ2n) is 5.71. The van der Waals surface area contributed by atoms with Gasteiger partial charge in [-0.2, -0.15) is 0 Å². The number of anilines is 2. The van der Waals surface area contributed by atoms with E-state index in [-0.39, 0.29) is 11.7 Å². The Labute approximate surface area is 156 Å². The SMILES string of the molecule is CC(=O)Nc1ccc(NC(=O)[C@H](C)OC(=O)C=Cc2ccc(F)cc2)cc1. The molecule has 0 aliphatic rings. The van der Waals surface area contributed by atoms with Gasteiger partial charge in [0.15, 0.2) is 6.10 Å². The zero-order valence-electron chi connectivity index (χ0n) is 14.9. The van der Waals surface area contributed by atoms with Crippen molar-refractivity contribution in [2.45, 2.75) is 20.0 Å². The second kappa shape index (κ2) is 9.28. The Morgan fingerprint density at radius 2 is 1.52 bits per heavy atom. The summed E-state index contributed by atoms with van der Waals surface area (Å²) in [7, 11) is 0. The Balaban J connectivity index is 1.86. The first-order valence-electron chi connectivity index (χ1n) is 8.16. The molecule has 0 aliphatic heterocycles. The zero-order chi connectivity index (χ0) is 19.8. The van der Waals surface area contributed by atoms with E-state index >= 15 is 0 Å². The lowest BCUT2D eigenvalue weighted by Gasteiger charge is -2.12. The molecule has 0 saturated heterocycles. The van der Waals surface area contributed by atoms with Crippen LogP contribution in [0.4, 0.5) is 15.8 Å².